The highest BCUT2D eigenvalue weighted by molar-refractivity contribution is 7.32. The van der Waals surface area contributed by atoms with Crippen molar-refractivity contribution in [2.24, 2.45) is 0 Å². The van der Waals surface area contributed by atoms with Crippen molar-refractivity contribution in [3.8, 4) is 0 Å². The van der Waals surface area contributed by atoms with E-state index in [1.54, 1.807) is 0 Å². The van der Waals surface area contributed by atoms with E-state index >= 15 is 0 Å². The molecule has 0 saturated heterocycles. The molecule has 4 nitrogen and oxygen atoms in total. The molecule has 1 atom stereocenters. The zero-order valence-electron chi connectivity index (χ0n) is 10.8. The quantitative estimate of drug-likeness (QED) is 0.634. The SMILES string of the molecule is O=[P+](O)OC(O)(Cc1ccccc1)Cc1ccccc1. The molecule has 2 aromatic carbocycles. The van der Waals surface area contributed by atoms with Gasteiger partial charge in [0, 0.05) is 17.4 Å². The van der Waals surface area contributed by atoms with E-state index in [1.165, 1.54) is 0 Å². The first kappa shape index (κ1) is 14.8. The molecule has 2 N–H and O–H groups in total. The molecule has 2 aromatic rings. The van der Waals surface area contributed by atoms with Gasteiger partial charge in [-0.1, -0.05) is 65.2 Å². The third-order valence-corrected chi connectivity index (χ3v) is 3.39. The van der Waals surface area contributed by atoms with E-state index in [4.69, 9.17) is 9.42 Å². The third kappa shape index (κ3) is 4.51. The van der Waals surface area contributed by atoms with Gasteiger partial charge in [0.05, 0.1) is 0 Å². The lowest BCUT2D eigenvalue weighted by atomic mass is 9.98. The molecular formula is C15H16O4P+. The van der Waals surface area contributed by atoms with Gasteiger partial charge in [0.25, 0.3) is 0 Å². The van der Waals surface area contributed by atoms with Gasteiger partial charge in [-0.15, -0.1) is 4.89 Å². The summed E-state index contributed by atoms with van der Waals surface area (Å²) in [5.74, 6) is -1.70. The van der Waals surface area contributed by atoms with Crippen molar-refractivity contribution in [1.29, 1.82) is 0 Å². The molecule has 0 aromatic heterocycles. The maximum atomic E-state index is 11.0. The first-order chi connectivity index (χ1) is 9.57. The molecule has 0 spiro atoms. The predicted molar refractivity (Wildman–Crippen MR) is 76.2 cm³/mol. The van der Waals surface area contributed by atoms with Gasteiger partial charge in [-0.25, -0.2) is 0 Å². The normalized spacial score (nSPS) is 12.2. The highest BCUT2D eigenvalue weighted by atomic mass is 31.1. The molecule has 1 unspecified atom stereocenters. The molecule has 5 heteroatoms. The first-order valence-electron chi connectivity index (χ1n) is 6.23. The molecule has 0 bridgehead atoms. The molecule has 104 valence electrons. The van der Waals surface area contributed by atoms with Gasteiger partial charge in [-0.05, 0) is 11.1 Å². The third-order valence-electron chi connectivity index (χ3n) is 2.89. The van der Waals surface area contributed by atoms with Crippen molar-refractivity contribution >= 4 is 8.25 Å². The van der Waals surface area contributed by atoms with E-state index in [2.05, 4.69) is 0 Å². The summed E-state index contributed by atoms with van der Waals surface area (Å²) in [7, 11) is -2.88. The van der Waals surface area contributed by atoms with E-state index in [0.717, 1.165) is 11.1 Å². The summed E-state index contributed by atoms with van der Waals surface area (Å²) in [4.78, 5) is 8.97. The fourth-order valence-corrected chi connectivity index (χ4v) is 2.52. The van der Waals surface area contributed by atoms with Crippen molar-refractivity contribution in [2.75, 3.05) is 0 Å². The Bertz CT molecular complexity index is 515. The zero-order chi connectivity index (χ0) is 14.4. The number of hydrogen-bond acceptors (Lipinski definition) is 3. The highest BCUT2D eigenvalue weighted by Gasteiger charge is 2.38. The van der Waals surface area contributed by atoms with Gasteiger partial charge in [-0.2, -0.15) is 0 Å². The molecule has 0 aliphatic rings. The van der Waals surface area contributed by atoms with Crippen LogP contribution in [0.4, 0.5) is 0 Å². The van der Waals surface area contributed by atoms with Crippen LogP contribution in [0.5, 0.6) is 0 Å². The Balaban J connectivity index is 2.19. The predicted octanol–water partition coefficient (Wildman–Crippen LogP) is 2.83. The average Bonchev–Trinajstić information content (AvgIpc) is 2.39. The maximum absolute atomic E-state index is 11.0. The maximum Gasteiger partial charge on any atom is 0.697 e. The van der Waals surface area contributed by atoms with E-state index in [0.29, 0.717) is 0 Å². The average molecular weight is 291 g/mol. The molecule has 0 amide bonds. The monoisotopic (exact) mass is 291 g/mol. The van der Waals surface area contributed by atoms with Crippen LogP contribution in [0.1, 0.15) is 11.1 Å². The Morgan fingerprint density at radius 2 is 1.30 bits per heavy atom. The molecule has 0 aliphatic heterocycles. The minimum atomic E-state index is -2.88. The minimum Gasteiger partial charge on any atom is -0.361 e. The summed E-state index contributed by atoms with van der Waals surface area (Å²) in [6, 6.07) is 18.5. The molecule has 2 rings (SSSR count). The van der Waals surface area contributed by atoms with Crippen LogP contribution in [0.15, 0.2) is 60.7 Å². The van der Waals surface area contributed by atoms with Gasteiger partial charge in [0.15, 0.2) is 0 Å². The van der Waals surface area contributed by atoms with Crippen LogP contribution in [0.25, 0.3) is 0 Å². The molecule has 0 aliphatic carbocycles. The molecule has 0 fully saturated rings. The van der Waals surface area contributed by atoms with Crippen LogP contribution in [0.3, 0.4) is 0 Å². The highest BCUT2D eigenvalue weighted by Crippen LogP contribution is 2.30. The second-order valence-corrected chi connectivity index (χ2v) is 5.26. The van der Waals surface area contributed by atoms with Crippen LogP contribution >= 0.6 is 8.25 Å². The molecule has 0 radical (unpaired) electrons. The second-order valence-electron chi connectivity index (χ2n) is 4.60. The molecule has 0 saturated carbocycles. The van der Waals surface area contributed by atoms with Gasteiger partial charge >= 0.3 is 8.25 Å². The van der Waals surface area contributed by atoms with Gasteiger partial charge < -0.3 is 5.11 Å². The Morgan fingerprint density at radius 3 is 1.65 bits per heavy atom. The van der Waals surface area contributed by atoms with E-state index in [-0.39, 0.29) is 12.8 Å². The van der Waals surface area contributed by atoms with Crippen molar-refractivity contribution in [1.82, 2.24) is 0 Å². The van der Waals surface area contributed by atoms with Crippen LogP contribution in [0, 0.1) is 0 Å². The van der Waals surface area contributed by atoms with Crippen molar-refractivity contribution < 1.29 is 19.1 Å². The van der Waals surface area contributed by atoms with Gasteiger partial charge in [0.2, 0.25) is 5.79 Å². The van der Waals surface area contributed by atoms with Gasteiger partial charge in [0.1, 0.15) is 0 Å². The number of hydrogen-bond donors (Lipinski definition) is 2. The molecular weight excluding hydrogens is 275 g/mol. The fraction of sp³-hybridized carbons (Fsp3) is 0.200. The summed E-state index contributed by atoms with van der Waals surface area (Å²) in [6.07, 6.45) is 0.286. The number of aliphatic hydroxyl groups is 1. The first-order valence-corrected chi connectivity index (χ1v) is 7.36. The number of rotatable bonds is 6. The molecule has 0 heterocycles. The van der Waals surface area contributed by atoms with Gasteiger partial charge in [-0.3, -0.25) is 0 Å². The minimum absolute atomic E-state index is 0.143. The Hall–Kier alpha value is -1.58. The lowest BCUT2D eigenvalue weighted by molar-refractivity contribution is -0.135. The van der Waals surface area contributed by atoms with E-state index in [1.807, 2.05) is 60.7 Å². The molecule has 20 heavy (non-hydrogen) atoms. The van der Waals surface area contributed by atoms with Crippen LogP contribution in [-0.2, 0) is 21.9 Å². The standard InChI is InChI=1S/C15H15O4P/c16-15(19-20(17)18,11-13-7-3-1-4-8-13)12-14-9-5-2-6-10-14/h1-10,16H,11-12H2/p+1. The Kier molecular flexibility index (Phi) is 4.99. The van der Waals surface area contributed by atoms with E-state index in [9.17, 15) is 9.67 Å². The second kappa shape index (κ2) is 6.73. The summed E-state index contributed by atoms with van der Waals surface area (Å²) in [5, 5.41) is 10.5. The lowest BCUT2D eigenvalue weighted by Crippen LogP contribution is -2.35. The summed E-state index contributed by atoms with van der Waals surface area (Å²) < 4.78 is 15.8. The summed E-state index contributed by atoms with van der Waals surface area (Å²) in [5.41, 5.74) is 1.67. The topological polar surface area (TPSA) is 66.8 Å². The van der Waals surface area contributed by atoms with E-state index < -0.39 is 14.0 Å². The number of benzene rings is 2. The van der Waals surface area contributed by atoms with Crippen molar-refractivity contribution in [3.63, 3.8) is 0 Å². The largest absolute Gasteiger partial charge is 0.697 e. The Morgan fingerprint density at radius 1 is 0.900 bits per heavy atom. The lowest BCUT2D eigenvalue weighted by Gasteiger charge is -2.21. The smallest absolute Gasteiger partial charge is 0.361 e. The van der Waals surface area contributed by atoms with Crippen molar-refractivity contribution in [3.05, 3.63) is 71.8 Å². The zero-order valence-corrected chi connectivity index (χ0v) is 11.7. The summed E-state index contributed by atoms with van der Waals surface area (Å²) >= 11 is 0. The summed E-state index contributed by atoms with van der Waals surface area (Å²) in [6.45, 7) is 0. The van der Waals surface area contributed by atoms with Crippen LogP contribution in [0.2, 0.25) is 0 Å². The Labute approximate surface area is 118 Å². The van der Waals surface area contributed by atoms with Crippen LogP contribution in [-0.4, -0.2) is 15.8 Å². The van der Waals surface area contributed by atoms with Crippen LogP contribution < -0.4 is 0 Å². The van der Waals surface area contributed by atoms with Crippen molar-refractivity contribution in [2.45, 2.75) is 18.6 Å². The fourth-order valence-electron chi connectivity index (χ4n) is 2.10.